The summed E-state index contributed by atoms with van der Waals surface area (Å²) in [6, 6.07) is 12.1. The second-order valence-corrected chi connectivity index (χ2v) is 5.74. The van der Waals surface area contributed by atoms with Gasteiger partial charge < -0.3 is 14.2 Å². The largest absolute Gasteiger partial charge is 0.467 e. The van der Waals surface area contributed by atoms with Crippen LogP contribution in [0.3, 0.4) is 0 Å². The molecular formula is C18H16N4O4. The van der Waals surface area contributed by atoms with Crippen LogP contribution >= 0.6 is 0 Å². The Morgan fingerprint density at radius 2 is 2.08 bits per heavy atom. The number of para-hydroxylation sites is 2. The van der Waals surface area contributed by atoms with Crippen molar-refractivity contribution in [2.75, 3.05) is 6.54 Å². The summed E-state index contributed by atoms with van der Waals surface area (Å²) in [5, 5.41) is 7.04. The van der Waals surface area contributed by atoms with E-state index >= 15 is 0 Å². The molecule has 0 aliphatic carbocycles. The minimum absolute atomic E-state index is 0.125. The summed E-state index contributed by atoms with van der Waals surface area (Å²) in [5.74, 6) is -0.182. The van der Waals surface area contributed by atoms with Gasteiger partial charge in [0.2, 0.25) is 5.91 Å². The fourth-order valence-corrected chi connectivity index (χ4v) is 2.84. The molecule has 8 heteroatoms. The lowest BCUT2D eigenvalue weighted by Crippen LogP contribution is -2.35. The van der Waals surface area contributed by atoms with Gasteiger partial charge in [0.25, 0.3) is 0 Å². The molecule has 0 radical (unpaired) electrons. The minimum atomic E-state index is -0.559. The summed E-state index contributed by atoms with van der Waals surface area (Å²) in [6.45, 7) is 0.151. The lowest BCUT2D eigenvalue weighted by Gasteiger charge is -2.16. The number of hydrogen-bond donors (Lipinski definition) is 1. The normalized spacial score (nSPS) is 12.3. The molecule has 132 valence electrons. The molecule has 0 bridgehead atoms. The summed E-state index contributed by atoms with van der Waals surface area (Å²) in [6.07, 6.45) is 5.03. The molecule has 4 rings (SSSR count). The van der Waals surface area contributed by atoms with Gasteiger partial charge in [-0.25, -0.2) is 4.79 Å². The number of benzene rings is 1. The minimum Gasteiger partial charge on any atom is -0.467 e. The standard InChI is InChI=1S/C18H16N4O4/c23-17(12-21-13-5-1-2-6-16(13)26-18(21)24)19-11-14(15-7-3-10-25-15)22-9-4-8-20-22/h1-10,14H,11-12H2,(H,19,23)/t14-/m0/s1. The highest BCUT2D eigenvalue weighted by Gasteiger charge is 2.19. The second-order valence-electron chi connectivity index (χ2n) is 5.74. The SMILES string of the molecule is O=C(Cn1c(=O)oc2ccccc21)NC[C@@H](c1ccco1)n1cccn1. The van der Waals surface area contributed by atoms with Gasteiger partial charge in [-0.1, -0.05) is 12.1 Å². The van der Waals surface area contributed by atoms with Crippen molar-refractivity contribution >= 4 is 17.0 Å². The summed E-state index contributed by atoms with van der Waals surface area (Å²) < 4.78 is 13.6. The second kappa shape index (κ2) is 6.75. The Labute approximate surface area is 147 Å². The van der Waals surface area contributed by atoms with Crippen LogP contribution in [0.1, 0.15) is 11.8 Å². The first-order valence-corrected chi connectivity index (χ1v) is 8.10. The van der Waals surface area contributed by atoms with E-state index in [1.807, 2.05) is 6.07 Å². The zero-order chi connectivity index (χ0) is 17.9. The first kappa shape index (κ1) is 15.9. The van der Waals surface area contributed by atoms with Gasteiger partial charge in [0.1, 0.15) is 18.3 Å². The Kier molecular flexibility index (Phi) is 4.14. The highest BCUT2D eigenvalue weighted by atomic mass is 16.4. The third kappa shape index (κ3) is 3.04. The van der Waals surface area contributed by atoms with E-state index in [0.717, 1.165) is 0 Å². The molecule has 0 unspecified atom stereocenters. The molecule has 4 aromatic rings. The van der Waals surface area contributed by atoms with Gasteiger partial charge in [-0.3, -0.25) is 14.0 Å². The van der Waals surface area contributed by atoms with E-state index in [-0.39, 0.29) is 25.0 Å². The number of amides is 1. The summed E-state index contributed by atoms with van der Waals surface area (Å²) >= 11 is 0. The molecule has 0 fully saturated rings. The van der Waals surface area contributed by atoms with Crippen molar-refractivity contribution in [3.8, 4) is 0 Å². The van der Waals surface area contributed by atoms with Crippen LogP contribution < -0.4 is 11.1 Å². The van der Waals surface area contributed by atoms with Crippen LogP contribution in [0.25, 0.3) is 11.1 Å². The van der Waals surface area contributed by atoms with E-state index in [0.29, 0.717) is 16.9 Å². The molecule has 3 heterocycles. The molecule has 1 atom stereocenters. The first-order chi connectivity index (χ1) is 12.7. The zero-order valence-electron chi connectivity index (χ0n) is 13.7. The maximum Gasteiger partial charge on any atom is 0.420 e. The van der Waals surface area contributed by atoms with Gasteiger partial charge in [0.05, 0.1) is 11.8 Å². The monoisotopic (exact) mass is 352 g/mol. The maximum absolute atomic E-state index is 12.4. The molecule has 3 aromatic heterocycles. The third-order valence-corrected chi connectivity index (χ3v) is 4.08. The van der Waals surface area contributed by atoms with Crippen molar-refractivity contribution in [2.24, 2.45) is 0 Å². The van der Waals surface area contributed by atoms with Gasteiger partial charge in [-0.2, -0.15) is 5.10 Å². The molecule has 0 saturated carbocycles. The van der Waals surface area contributed by atoms with Crippen molar-refractivity contribution in [3.63, 3.8) is 0 Å². The van der Waals surface area contributed by atoms with Crippen LogP contribution in [-0.4, -0.2) is 26.8 Å². The van der Waals surface area contributed by atoms with Crippen LogP contribution in [0.5, 0.6) is 0 Å². The van der Waals surface area contributed by atoms with E-state index in [9.17, 15) is 9.59 Å². The number of oxazole rings is 1. The van der Waals surface area contributed by atoms with Gasteiger partial charge >= 0.3 is 5.76 Å². The van der Waals surface area contributed by atoms with Gasteiger partial charge in [0, 0.05) is 18.9 Å². The van der Waals surface area contributed by atoms with Gasteiger partial charge in [-0.15, -0.1) is 0 Å². The molecule has 0 aliphatic heterocycles. The predicted molar refractivity (Wildman–Crippen MR) is 92.6 cm³/mol. The molecule has 8 nitrogen and oxygen atoms in total. The van der Waals surface area contributed by atoms with Crippen molar-refractivity contribution in [3.05, 3.63) is 77.4 Å². The van der Waals surface area contributed by atoms with Crippen molar-refractivity contribution in [1.29, 1.82) is 0 Å². The number of rotatable bonds is 6. The number of aromatic nitrogens is 3. The molecule has 26 heavy (non-hydrogen) atoms. The van der Waals surface area contributed by atoms with Crippen LogP contribution in [0.4, 0.5) is 0 Å². The third-order valence-electron chi connectivity index (χ3n) is 4.08. The smallest absolute Gasteiger partial charge is 0.420 e. The summed E-state index contributed by atoms with van der Waals surface area (Å²) in [4.78, 5) is 24.4. The highest BCUT2D eigenvalue weighted by molar-refractivity contribution is 5.79. The predicted octanol–water partition coefficient (Wildman–Crippen LogP) is 1.79. The fraction of sp³-hybridized carbons (Fsp3) is 0.167. The molecule has 0 spiro atoms. The molecule has 1 amide bonds. The lowest BCUT2D eigenvalue weighted by molar-refractivity contribution is -0.121. The van der Waals surface area contributed by atoms with Crippen molar-refractivity contribution < 1.29 is 13.6 Å². The van der Waals surface area contributed by atoms with E-state index in [4.69, 9.17) is 8.83 Å². The molecule has 0 aliphatic rings. The number of fused-ring (bicyclic) bond motifs is 1. The average Bonchev–Trinajstić information content (AvgIpc) is 3.38. The average molecular weight is 352 g/mol. The van der Waals surface area contributed by atoms with Crippen LogP contribution in [-0.2, 0) is 11.3 Å². The van der Waals surface area contributed by atoms with E-state index in [2.05, 4.69) is 10.4 Å². The van der Waals surface area contributed by atoms with E-state index < -0.39 is 5.76 Å². The van der Waals surface area contributed by atoms with Crippen molar-refractivity contribution in [1.82, 2.24) is 19.7 Å². The molecule has 1 aromatic carbocycles. The Bertz CT molecular complexity index is 1030. The van der Waals surface area contributed by atoms with E-state index in [1.165, 1.54) is 4.57 Å². The van der Waals surface area contributed by atoms with Crippen LogP contribution in [0.15, 0.2) is 74.8 Å². The zero-order valence-corrected chi connectivity index (χ0v) is 13.7. The number of furan rings is 1. The Hall–Kier alpha value is -3.55. The van der Waals surface area contributed by atoms with Gasteiger partial charge in [0.15, 0.2) is 5.58 Å². The number of carbonyl (C=O) groups excluding carboxylic acids is 1. The number of hydrogen-bond acceptors (Lipinski definition) is 5. The Morgan fingerprint density at radius 3 is 2.85 bits per heavy atom. The van der Waals surface area contributed by atoms with E-state index in [1.54, 1.807) is 59.7 Å². The maximum atomic E-state index is 12.4. The molecule has 1 N–H and O–H groups in total. The van der Waals surface area contributed by atoms with Gasteiger partial charge in [-0.05, 0) is 30.3 Å². The highest BCUT2D eigenvalue weighted by Crippen LogP contribution is 2.17. The molecule has 0 saturated heterocycles. The Balaban J connectivity index is 1.49. The first-order valence-electron chi connectivity index (χ1n) is 8.10. The summed E-state index contributed by atoms with van der Waals surface area (Å²) in [5.41, 5.74) is 1.04. The number of nitrogens with one attached hydrogen (secondary N) is 1. The molecular weight excluding hydrogens is 336 g/mol. The Morgan fingerprint density at radius 1 is 1.19 bits per heavy atom. The summed E-state index contributed by atoms with van der Waals surface area (Å²) in [7, 11) is 0. The van der Waals surface area contributed by atoms with Crippen molar-refractivity contribution in [2.45, 2.75) is 12.6 Å². The number of nitrogens with zero attached hydrogens (tertiary/aromatic N) is 3. The van der Waals surface area contributed by atoms with Crippen LogP contribution in [0, 0.1) is 0 Å². The topological polar surface area (TPSA) is 95.2 Å². The van der Waals surface area contributed by atoms with Crippen LogP contribution in [0.2, 0.25) is 0 Å². The quantitative estimate of drug-likeness (QED) is 0.571. The lowest BCUT2D eigenvalue weighted by atomic mass is 10.2. The fourth-order valence-electron chi connectivity index (χ4n) is 2.84. The number of carbonyl (C=O) groups is 1.